The van der Waals surface area contributed by atoms with Crippen molar-refractivity contribution in [2.45, 2.75) is 45.5 Å². The summed E-state index contributed by atoms with van der Waals surface area (Å²) in [6, 6.07) is 8.68. The second kappa shape index (κ2) is 6.84. The van der Waals surface area contributed by atoms with E-state index in [1.54, 1.807) is 6.07 Å². The Morgan fingerprint density at radius 2 is 1.69 bits per heavy atom. The first-order valence-corrected chi connectivity index (χ1v) is 8.69. The van der Waals surface area contributed by atoms with Gasteiger partial charge in [0, 0.05) is 0 Å². The van der Waals surface area contributed by atoms with E-state index in [1.165, 1.54) is 30.3 Å². The van der Waals surface area contributed by atoms with Crippen molar-refractivity contribution in [1.29, 1.82) is 0 Å². The number of para-hydroxylation sites is 1. The maximum Gasteiger partial charge on any atom is 0.494 e. The number of hydrogen-bond acceptors (Lipinski definition) is 3. The molecule has 1 aliphatic heterocycles. The van der Waals surface area contributed by atoms with Gasteiger partial charge >= 0.3 is 7.12 Å². The van der Waals surface area contributed by atoms with Gasteiger partial charge in [0.05, 0.1) is 16.2 Å². The Bertz CT molecular complexity index is 790. The van der Waals surface area contributed by atoms with Crippen molar-refractivity contribution in [2.24, 2.45) is 0 Å². The molecule has 1 aliphatic rings. The number of ether oxygens (including phenoxy) is 1. The fourth-order valence-electron chi connectivity index (χ4n) is 2.65. The summed E-state index contributed by atoms with van der Waals surface area (Å²) in [5.74, 6) is -1.08. The van der Waals surface area contributed by atoms with Crippen LogP contribution in [0, 0.1) is 11.6 Å². The van der Waals surface area contributed by atoms with Gasteiger partial charge in [0.1, 0.15) is 12.4 Å². The highest BCUT2D eigenvalue weighted by molar-refractivity contribution is 6.62. The summed E-state index contributed by atoms with van der Waals surface area (Å²) in [5.41, 5.74) is 0.0128. The Kier molecular flexibility index (Phi) is 5.03. The zero-order valence-electron chi connectivity index (χ0n) is 15.1. The van der Waals surface area contributed by atoms with Gasteiger partial charge in [-0.15, -0.1) is 0 Å². The molecule has 7 heteroatoms. The summed E-state index contributed by atoms with van der Waals surface area (Å²) in [6.07, 6.45) is 0. The quantitative estimate of drug-likeness (QED) is 0.731. The monoisotopic (exact) mass is 380 g/mol. The molecule has 2 aromatic carbocycles. The molecule has 3 rings (SSSR count). The minimum absolute atomic E-state index is 0.0368. The molecule has 0 atom stereocenters. The van der Waals surface area contributed by atoms with Gasteiger partial charge < -0.3 is 14.0 Å². The van der Waals surface area contributed by atoms with Crippen LogP contribution in [0.3, 0.4) is 0 Å². The lowest BCUT2D eigenvalue weighted by Gasteiger charge is -2.32. The van der Waals surface area contributed by atoms with Gasteiger partial charge in [0.25, 0.3) is 0 Å². The molecule has 0 saturated carbocycles. The topological polar surface area (TPSA) is 27.7 Å². The predicted molar refractivity (Wildman–Crippen MR) is 97.9 cm³/mol. The van der Waals surface area contributed by atoms with E-state index in [9.17, 15) is 8.78 Å². The largest absolute Gasteiger partial charge is 0.494 e. The van der Waals surface area contributed by atoms with Crippen LogP contribution in [0.2, 0.25) is 5.02 Å². The lowest BCUT2D eigenvalue weighted by molar-refractivity contribution is 0.00578. The summed E-state index contributed by atoms with van der Waals surface area (Å²) in [7, 11) is -0.688. The molecule has 0 N–H and O–H groups in total. The number of hydrogen-bond donors (Lipinski definition) is 0. The molecule has 0 aromatic heterocycles. The lowest BCUT2D eigenvalue weighted by Crippen LogP contribution is -2.41. The van der Waals surface area contributed by atoms with E-state index in [-0.39, 0.29) is 17.4 Å². The third-order valence-electron chi connectivity index (χ3n) is 4.81. The van der Waals surface area contributed by atoms with Crippen molar-refractivity contribution in [3.63, 3.8) is 0 Å². The van der Waals surface area contributed by atoms with Gasteiger partial charge in [-0.05, 0) is 63.0 Å². The van der Waals surface area contributed by atoms with Gasteiger partial charge in [-0.3, -0.25) is 0 Å². The van der Waals surface area contributed by atoms with E-state index in [1.807, 2.05) is 27.7 Å². The molecule has 2 aromatic rings. The molecular formula is C19H20BClF2O3. The van der Waals surface area contributed by atoms with Gasteiger partial charge in [-0.2, -0.15) is 0 Å². The molecule has 0 unspecified atom stereocenters. The van der Waals surface area contributed by atoms with E-state index in [2.05, 4.69) is 0 Å². The molecule has 0 spiro atoms. The fourth-order valence-corrected chi connectivity index (χ4v) is 2.87. The van der Waals surface area contributed by atoms with Crippen molar-refractivity contribution in [2.75, 3.05) is 0 Å². The summed E-state index contributed by atoms with van der Waals surface area (Å²) < 4.78 is 45.2. The Balaban J connectivity index is 1.81. The highest BCUT2D eigenvalue weighted by atomic mass is 35.5. The van der Waals surface area contributed by atoms with Crippen molar-refractivity contribution in [3.8, 4) is 5.75 Å². The van der Waals surface area contributed by atoms with Gasteiger partial charge in [-0.1, -0.05) is 23.7 Å². The second-order valence-corrected chi connectivity index (χ2v) is 7.73. The fraction of sp³-hybridized carbons (Fsp3) is 0.368. The van der Waals surface area contributed by atoms with E-state index in [0.29, 0.717) is 11.0 Å². The highest BCUT2D eigenvalue weighted by Crippen LogP contribution is 2.36. The molecule has 0 bridgehead atoms. The molecule has 3 nitrogen and oxygen atoms in total. The van der Waals surface area contributed by atoms with Crippen LogP contribution in [0.4, 0.5) is 8.78 Å². The van der Waals surface area contributed by atoms with Gasteiger partial charge in [0.2, 0.25) is 0 Å². The normalized spacial score (nSPS) is 18.2. The van der Waals surface area contributed by atoms with Crippen molar-refractivity contribution in [1.82, 2.24) is 0 Å². The lowest BCUT2D eigenvalue weighted by atomic mass is 9.78. The zero-order valence-corrected chi connectivity index (χ0v) is 15.9. The van der Waals surface area contributed by atoms with Crippen molar-refractivity contribution >= 4 is 24.2 Å². The number of rotatable bonds is 4. The van der Waals surface area contributed by atoms with Crippen LogP contribution >= 0.6 is 11.6 Å². The molecule has 1 heterocycles. The highest BCUT2D eigenvalue weighted by Gasteiger charge is 2.51. The third kappa shape index (κ3) is 3.73. The maximum absolute atomic E-state index is 14.1. The van der Waals surface area contributed by atoms with Gasteiger partial charge in [0.15, 0.2) is 11.6 Å². The molecular weight excluding hydrogens is 360 g/mol. The van der Waals surface area contributed by atoms with E-state index >= 15 is 0 Å². The SMILES string of the molecule is CC1(C)OB(c2cc(F)cc(COc3c(F)cccc3Cl)c2)OC1(C)C. The van der Waals surface area contributed by atoms with Crippen LogP contribution < -0.4 is 10.2 Å². The molecule has 0 amide bonds. The average molecular weight is 381 g/mol. The van der Waals surface area contributed by atoms with E-state index in [0.717, 1.165) is 0 Å². The maximum atomic E-state index is 14.1. The van der Waals surface area contributed by atoms with Crippen LogP contribution in [0.15, 0.2) is 36.4 Å². The van der Waals surface area contributed by atoms with Crippen molar-refractivity contribution in [3.05, 3.63) is 58.6 Å². The first-order chi connectivity index (χ1) is 12.1. The average Bonchev–Trinajstić information content (AvgIpc) is 2.74. The van der Waals surface area contributed by atoms with Crippen LogP contribution in [-0.4, -0.2) is 18.3 Å². The Morgan fingerprint density at radius 1 is 1.04 bits per heavy atom. The molecule has 138 valence electrons. The number of benzene rings is 2. The summed E-state index contributed by atoms with van der Waals surface area (Å²) in [5, 5.41) is 0.160. The standard InChI is InChI=1S/C19H20BClF2O3/c1-18(2)19(3,4)26-20(25-18)13-8-12(9-14(22)10-13)11-24-17-15(21)6-5-7-16(17)23/h5-10H,11H2,1-4H3. The minimum atomic E-state index is -0.688. The second-order valence-electron chi connectivity index (χ2n) is 7.32. The molecule has 26 heavy (non-hydrogen) atoms. The molecule has 1 fully saturated rings. The summed E-state index contributed by atoms with van der Waals surface area (Å²) >= 11 is 5.95. The zero-order chi connectivity index (χ0) is 19.1. The minimum Gasteiger partial charge on any atom is -0.484 e. The van der Waals surface area contributed by atoms with Crippen molar-refractivity contribution < 1.29 is 22.8 Å². The summed E-state index contributed by atoms with van der Waals surface area (Å²) in [6.45, 7) is 7.67. The van der Waals surface area contributed by atoms with Crippen LogP contribution in [0.25, 0.3) is 0 Å². The predicted octanol–water partition coefficient (Wildman–Crippen LogP) is 4.50. The molecule has 1 saturated heterocycles. The van der Waals surface area contributed by atoms with Gasteiger partial charge in [-0.25, -0.2) is 8.78 Å². The van der Waals surface area contributed by atoms with E-state index < -0.39 is 30.0 Å². The van der Waals surface area contributed by atoms with Crippen LogP contribution in [0.5, 0.6) is 5.75 Å². The van der Waals surface area contributed by atoms with Crippen LogP contribution in [0.1, 0.15) is 33.3 Å². The third-order valence-corrected chi connectivity index (χ3v) is 5.11. The smallest absolute Gasteiger partial charge is 0.484 e. The van der Waals surface area contributed by atoms with E-state index in [4.69, 9.17) is 25.6 Å². The Hall–Kier alpha value is -1.63. The first kappa shape index (κ1) is 19.1. The van der Waals surface area contributed by atoms with Crippen LogP contribution in [-0.2, 0) is 15.9 Å². The molecule has 0 aliphatic carbocycles. The number of halogens is 3. The summed E-state index contributed by atoms with van der Waals surface area (Å²) in [4.78, 5) is 0. The first-order valence-electron chi connectivity index (χ1n) is 8.31. The Labute approximate surface area is 157 Å². The molecule has 0 radical (unpaired) electrons. The Morgan fingerprint density at radius 3 is 2.31 bits per heavy atom.